The predicted molar refractivity (Wildman–Crippen MR) is 87.1 cm³/mol. The van der Waals surface area contributed by atoms with Crippen LogP contribution in [0.5, 0.6) is 0 Å². The molecule has 0 radical (unpaired) electrons. The van der Waals surface area contributed by atoms with E-state index in [1.165, 1.54) is 19.2 Å². The number of aromatic nitrogens is 1. The second-order valence-corrected chi connectivity index (χ2v) is 6.43. The average Bonchev–Trinajstić information content (AvgIpc) is 2.86. The van der Waals surface area contributed by atoms with Crippen molar-refractivity contribution in [2.75, 3.05) is 7.11 Å². The second kappa shape index (κ2) is 6.90. The molecule has 0 spiro atoms. The zero-order valence-electron chi connectivity index (χ0n) is 14.1. The number of fused-ring (bicyclic) bond motifs is 1. The highest BCUT2D eigenvalue weighted by Crippen LogP contribution is 2.21. The maximum atomic E-state index is 13.5. The van der Waals surface area contributed by atoms with E-state index >= 15 is 0 Å². The van der Waals surface area contributed by atoms with Gasteiger partial charge >= 0.3 is 12.1 Å². The smallest absolute Gasteiger partial charge is 0.408 e. The molecule has 1 heterocycles. The summed E-state index contributed by atoms with van der Waals surface area (Å²) < 4.78 is 23.4. The van der Waals surface area contributed by atoms with Crippen LogP contribution in [0.25, 0.3) is 10.9 Å². The number of hydrogen-bond acceptors (Lipinski definition) is 4. The van der Waals surface area contributed by atoms with Gasteiger partial charge in [0.2, 0.25) is 0 Å². The van der Waals surface area contributed by atoms with E-state index < -0.39 is 23.7 Å². The fourth-order valence-electron chi connectivity index (χ4n) is 2.32. The average molecular weight is 336 g/mol. The fraction of sp³-hybridized carbons (Fsp3) is 0.412. The zero-order chi connectivity index (χ0) is 17.9. The lowest BCUT2D eigenvalue weighted by molar-refractivity contribution is -0.143. The summed E-state index contributed by atoms with van der Waals surface area (Å²) in [5.74, 6) is -0.982. The molecule has 2 aromatic rings. The van der Waals surface area contributed by atoms with Gasteiger partial charge < -0.3 is 19.8 Å². The number of carbonyl (C=O) groups is 2. The third-order valence-electron chi connectivity index (χ3n) is 3.33. The lowest BCUT2D eigenvalue weighted by Gasteiger charge is -2.22. The molecule has 7 heteroatoms. The Kier molecular flexibility index (Phi) is 5.11. The minimum atomic E-state index is -0.938. The SMILES string of the molecule is COC(=O)[C@H](Cc1c[nH]c2ccc(F)cc12)NC(=O)OC(C)(C)C. The number of esters is 1. The summed E-state index contributed by atoms with van der Waals surface area (Å²) in [5, 5.41) is 3.15. The van der Waals surface area contributed by atoms with E-state index in [4.69, 9.17) is 9.47 Å². The Hall–Kier alpha value is -2.57. The third-order valence-corrected chi connectivity index (χ3v) is 3.33. The Labute approximate surface area is 139 Å². The van der Waals surface area contributed by atoms with Crippen molar-refractivity contribution >= 4 is 23.0 Å². The molecule has 6 nitrogen and oxygen atoms in total. The van der Waals surface area contributed by atoms with Crippen LogP contribution in [0.1, 0.15) is 26.3 Å². The maximum absolute atomic E-state index is 13.5. The van der Waals surface area contributed by atoms with Crippen LogP contribution in [-0.4, -0.2) is 35.8 Å². The van der Waals surface area contributed by atoms with Crippen molar-refractivity contribution in [3.05, 3.63) is 35.8 Å². The van der Waals surface area contributed by atoms with Crippen LogP contribution in [0.3, 0.4) is 0 Å². The molecule has 0 bridgehead atoms. The van der Waals surface area contributed by atoms with E-state index in [9.17, 15) is 14.0 Å². The van der Waals surface area contributed by atoms with Crippen molar-refractivity contribution in [2.45, 2.75) is 38.8 Å². The first kappa shape index (κ1) is 17.8. The molecule has 1 aromatic carbocycles. The lowest BCUT2D eigenvalue weighted by Crippen LogP contribution is -2.45. The predicted octanol–water partition coefficient (Wildman–Crippen LogP) is 2.92. The van der Waals surface area contributed by atoms with E-state index in [-0.39, 0.29) is 12.2 Å². The first-order valence-electron chi connectivity index (χ1n) is 7.52. The van der Waals surface area contributed by atoms with Gasteiger partial charge in [-0.05, 0) is 44.5 Å². The van der Waals surface area contributed by atoms with Crippen molar-refractivity contribution in [3.63, 3.8) is 0 Å². The number of H-pyrrole nitrogens is 1. The topological polar surface area (TPSA) is 80.4 Å². The zero-order valence-corrected chi connectivity index (χ0v) is 14.1. The van der Waals surface area contributed by atoms with Gasteiger partial charge in [0.1, 0.15) is 17.5 Å². The molecule has 24 heavy (non-hydrogen) atoms. The highest BCUT2D eigenvalue weighted by Gasteiger charge is 2.26. The molecule has 0 unspecified atom stereocenters. The largest absolute Gasteiger partial charge is 0.467 e. The van der Waals surface area contributed by atoms with Crippen LogP contribution >= 0.6 is 0 Å². The summed E-state index contributed by atoms with van der Waals surface area (Å²) in [5.41, 5.74) is 0.748. The number of halogens is 1. The van der Waals surface area contributed by atoms with Crippen molar-refractivity contribution in [1.29, 1.82) is 0 Å². The summed E-state index contributed by atoms with van der Waals surface area (Å²) in [4.78, 5) is 26.9. The molecule has 0 aliphatic rings. The first-order chi connectivity index (χ1) is 11.2. The van der Waals surface area contributed by atoms with Crippen molar-refractivity contribution in [1.82, 2.24) is 10.3 Å². The molecule has 0 aliphatic heterocycles. The van der Waals surface area contributed by atoms with E-state index in [1.54, 1.807) is 33.0 Å². The van der Waals surface area contributed by atoms with Crippen LogP contribution in [0.15, 0.2) is 24.4 Å². The van der Waals surface area contributed by atoms with Crippen LogP contribution < -0.4 is 5.32 Å². The molecule has 1 aromatic heterocycles. The van der Waals surface area contributed by atoms with Crippen molar-refractivity contribution in [2.24, 2.45) is 0 Å². The van der Waals surface area contributed by atoms with E-state index in [0.29, 0.717) is 10.9 Å². The molecule has 0 aliphatic carbocycles. The molecule has 1 atom stereocenters. The normalized spacial score (nSPS) is 12.7. The second-order valence-electron chi connectivity index (χ2n) is 6.43. The van der Waals surface area contributed by atoms with Gasteiger partial charge in [0.15, 0.2) is 0 Å². The Morgan fingerprint density at radius 2 is 2.04 bits per heavy atom. The Balaban J connectivity index is 2.20. The number of hydrogen-bond donors (Lipinski definition) is 2. The number of carbonyl (C=O) groups excluding carboxylic acids is 2. The monoisotopic (exact) mass is 336 g/mol. The number of amides is 1. The van der Waals surface area contributed by atoms with Crippen LogP contribution in [0.2, 0.25) is 0 Å². The summed E-state index contributed by atoms with van der Waals surface area (Å²) in [6, 6.07) is 3.40. The molecule has 0 saturated heterocycles. The molecule has 0 fully saturated rings. The van der Waals surface area contributed by atoms with Gasteiger partial charge in [-0.25, -0.2) is 14.0 Å². The fourth-order valence-corrected chi connectivity index (χ4v) is 2.32. The van der Waals surface area contributed by atoms with E-state index in [0.717, 1.165) is 5.52 Å². The number of methoxy groups -OCH3 is 1. The van der Waals surface area contributed by atoms with Crippen LogP contribution in [0, 0.1) is 5.82 Å². The summed E-state index contributed by atoms with van der Waals surface area (Å²) in [7, 11) is 1.24. The van der Waals surface area contributed by atoms with Gasteiger partial charge in [-0.3, -0.25) is 0 Å². The van der Waals surface area contributed by atoms with Gasteiger partial charge in [-0.2, -0.15) is 0 Å². The number of benzene rings is 1. The quantitative estimate of drug-likeness (QED) is 0.841. The van der Waals surface area contributed by atoms with Crippen molar-refractivity contribution < 1.29 is 23.5 Å². The molecular weight excluding hydrogens is 315 g/mol. The van der Waals surface area contributed by atoms with Gasteiger partial charge in [0.05, 0.1) is 7.11 Å². The number of aromatic amines is 1. The van der Waals surface area contributed by atoms with Crippen LogP contribution in [0.4, 0.5) is 9.18 Å². The minimum absolute atomic E-state index is 0.148. The number of rotatable bonds is 4. The number of alkyl carbamates (subject to hydrolysis) is 1. The van der Waals surface area contributed by atoms with Gasteiger partial charge in [-0.15, -0.1) is 0 Å². The van der Waals surface area contributed by atoms with Gasteiger partial charge in [0.25, 0.3) is 0 Å². The lowest BCUT2D eigenvalue weighted by atomic mass is 10.0. The molecule has 2 N–H and O–H groups in total. The minimum Gasteiger partial charge on any atom is -0.467 e. The molecule has 0 saturated carbocycles. The standard InChI is InChI=1S/C17H21FN2O4/c1-17(2,3)24-16(22)20-14(15(21)23-4)7-10-9-19-13-6-5-11(18)8-12(10)13/h5-6,8-9,14,19H,7H2,1-4H3,(H,20,22)/t14-/m0/s1. The Morgan fingerprint density at radius 1 is 1.33 bits per heavy atom. The third kappa shape index (κ3) is 4.47. The van der Waals surface area contributed by atoms with Gasteiger partial charge in [0, 0.05) is 23.5 Å². The summed E-state index contributed by atoms with van der Waals surface area (Å²) in [6.07, 6.45) is 1.11. The van der Waals surface area contributed by atoms with E-state index in [1.807, 2.05) is 0 Å². The van der Waals surface area contributed by atoms with Crippen molar-refractivity contribution in [3.8, 4) is 0 Å². The molecular formula is C17H21FN2O4. The highest BCUT2D eigenvalue weighted by molar-refractivity contribution is 5.86. The highest BCUT2D eigenvalue weighted by atomic mass is 19.1. The summed E-state index contributed by atoms with van der Waals surface area (Å²) >= 11 is 0. The first-order valence-corrected chi connectivity index (χ1v) is 7.52. The Bertz CT molecular complexity index is 749. The van der Waals surface area contributed by atoms with E-state index in [2.05, 4.69) is 10.3 Å². The summed E-state index contributed by atoms with van der Waals surface area (Å²) in [6.45, 7) is 5.17. The molecule has 130 valence electrons. The Morgan fingerprint density at radius 3 is 2.67 bits per heavy atom. The number of ether oxygens (including phenoxy) is 2. The maximum Gasteiger partial charge on any atom is 0.408 e. The molecule has 2 rings (SSSR count). The van der Waals surface area contributed by atoms with Crippen LogP contribution in [-0.2, 0) is 20.7 Å². The number of nitrogens with one attached hydrogen (secondary N) is 2. The molecule has 1 amide bonds. The van der Waals surface area contributed by atoms with Gasteiger partial charge in [-0.1, -0.05) is 0 Å².